The largest absolute Gasteiger partial charge is 0.497 e. The van der Waals surface area contributed by atoms with Gasteiger partial charge in [0.1, 0.15) is 5.75 Å². The molecule has 3 nitrogen and oxygen atoms in total. The Morgan fingerprint density at radius 3 is 2.50 bits per heavy atom. The third-order valence-corrected chi connectivity index (χ3v) is 4.40. The highest BCUT2D eigenvalue weighted by Crippen LogP contribution is 2.37. The van der Waals surface area contributed by atoms with Crippen molar-refractivity contribution in [3.63, 3.8) is 0 Å². The van der Waals surface area contributed by atoms with Crippen molar-refractivity contribution in [1.29, 1.82) is 0 Å². The smallest absolute Gasteiger partial charge is 0.118 e. The molecule has 1 atom stereocenters. The molecule has 0 N–H and O–H groups in total. The van der Waals surface area contributed by atoms with Crippen LogP contribution in [0.5, 0.6) is 5.75 Å². The molecule has 0 spiro atoms. The van der Waals surface area contributed by atoms with Crippen LogP contribution in [0.25, 0.3) is 0 Å². The first kappa shape index (κ1) is 13.2. The Hall–Kier alpha value is -1.77. The molecule has 3 heteroatoms. The zero-order valence-corrected chi connectivity index (χ0v) is 12.0. The number of imidazole rings is 1. The number of rotatable bonds is 4. The quantitative estimate of drug-likeness (QED) is 0.837. The van der Waals surface area contributed by atoms with Gasteiger partial charge in [0.2, 0.25) is 0 Å². The lowest BCUT2D eigenvalue weighted by Gasteiger charge is -2.31. The van der Waals surface area contributed by atoms with Crippen molar-refractivity contribution in [1.82, 2.24) is 9.55 Å². The van der Waals surface area contributed by atoms with E-state index in [1.165, 1.54) is 37.7 Å². The summed E-state index contributed by atoms with van der Waals surface area (Å²) in [5.74, 6) is 1.63. The molecule has 0 bridgehead atoms. The Kier molecular flexibility index (Phi) is 4.05. The lowest BCUT2D eigenvalue weighted by atomic mass is 9.81. The van der Waals surface area contributed by atoms with E-state index in [9.17, 15) is 0 Å². The molecule has 1 aliphatic rings. The van der Waals surface area contributed by atoms with Crippen LogP contribution >= 0.6 is 0 Å². The maximum atomic E-state index is 5.27. The highest BCUT2D eigenvalue weighted by molar-refractivity contribution is 5.30. The van der Waals surface area contributed by atoms with Gasteiger partial charge in [0.05, 0.1) is 19.5 Å². The molecular formula is C17H22N2O. The molecule has 1 aromatic heterocycles. The van der Waals surface area contributed by atoms with Gasteiger partial charge in [0.25, 0.3) is 0 Å². The summed E-state index contributed by atoms with van der Waals surface area (Å²) in [6.07, 6.45) is 12.6. The minimum absolute atomic E-state index is 0.406. The van der Waals surface area contributed by atoms with Crippen molar-refractivity contribution in [3.8, 4) is 5.75 Å². The molecule has 1 aromatic carbocycles. The van der Waals surface area contributed by atoms with Gasteiger partial charge in [-0.2, -0.15) is 0 Å². The Morgan fingerprint density at radius 1 is 1.15 bits per heavy atom. The lowest BCUT2D eigenvalue weighted by molar-refractivity contribution is 0.279. The first-order valence-electron chi connectivity index (χ1n) is 7.50. The van der Waals surface area contributed by atoms with Crippen molar-refractivity contribution in [2.45, 2.75) is 38.1 Å². The van der Waals surface area contributed by atoms with E-state index in [1.807, 2.05) is 12.5 Å². The molecule has 1 saturated carbocycles. The van der Waals surface area contributed by atoms with Crippen LogP contribution in [-0.2, 0) is 0 Å². The molecule has 2 aromatic rings. The van der Waals surface area contributed by atoms with Crippen molar-refractivity contribution < 1.29 is 4.74 Å². The third kappa shape index (κ3) is 2.72. The predicted octanol–water partition coefficient (Wildman–Crippen LogP) is 4.06. The summed E-state index contributed by atoms with van der Waals surface area (Å²) in [4.78, 5) is 4.24. The Labute approximate surface area is 120 Å². The minimum atomic E-state index is 0.406. The van der Waals surface area contributed by atoms with Crippen LogP contribution in [-0.4, -0.2) is 16.7 Å². The van der Waals surface area contributed by atoms with Crippen LogP contribution in [0.2, 0.25) is 0 Å². The molecule has 1 fully saturated rings. The van der Waals surface area contributed by atoms with Gasteiger partial charge in [0.15, 0.2) is 0 Å². The zero-order valence-electron chi connectivity index (χ0n) is 12.0. The van der Waals surface area contributed by atoms with Gasteiger partial charge in [-0.05, 0) is 36.5 Å². The van der Waals surface area contributed by atoms with E-state index in [4.69, 9.17) is 4.74 Å². The number of ether oxygens (including phenoxy) is 1. The van der Waals surface area contributed by atoms with Crippen LogP contribution in [0, 0.1) is 5.92 Å². The Morgan fingerprint density at radius 2 is 1.90 bits per heavy atom. The summed E-state index contributed by atoms with van der Waals surface area (Å²) < 4.78 is 7.53. The number of methoxy groups -OCH3 is 1. The summed E-state index contributed by atoms with van der Waals surface area (Å²) in [6.45, 7) is 0. The molecular weight excluding hydrogens is 248 g/mol. The fraction of sp³-hybridized carbons (Fsp3) is 0.471. The monoisotopic (exact) mass is 270 g/mol. The van der Waals surface area contributed by atoms with Gasteiger partial charge in [-0.15, -0.1) is 0 Å². The maximum absolute atomic E-state index is 5.27. The van der Waals surface area contributed by atoms with Gasteiger partial charge in [-0.3, -0.25) is 0 Å². The van der Waals surface area contributed by atoms with Gasteiger partial charge >= 0.3 is 0 Å². The SMILES string of the molecule is COc1ccc(C(C2CCCCC2)n2ccnc2)cc1. The van der Waals surface area contributed by atoms with Gasteiger partial charge < -0.3 is 9.30 Å². The molecule has 1 heterocycles. The standard InChI is InChI=1S/C17H22N2O/c1-20-16-9-7-15(8-10-16)17(19-12-11-18-13-19)14-5-3-2-4-6-14/h7-14,17H,2-6H2,1H3. The number of benzene rings is 1. The van der Waals surface area contributed by atoms with E-state index in [1.54, 1.807) is 7.11 Å². The average molecular weight is 270 g/mol. The topological polar surface area (TPSA) is 27.1 Å². The molecule has 0 amide bonds. The second-order valence-electron chi connectivity index (χ2n) is 5.63. The Balaban J connectivity index is 1.91. The summed E-state index contributed by atoms with van der Waals surface area (Å²) in [7, 11) is 1.71. The molecule has 1 aliphatic carbocycles. The molecule has 0 saturated heterocycles. The van der Waals surface area contributed by atoms with E-state index in [0.29, 0.717) is 12.0 Å². The molecule has 0 aliphatic heterocycles. The third-order valence-electron chi connectivity index (χ3n) is 4.40. The van der Waals surface area contributed by atoms with Crippen LogP contribution in [0.3, 0.4) is 0 Å². The number of aromatic nitrogens is 2. The minimum Gasteiger partial charge on any atom is -0.497 e. The van der Waals surface area contributed by atoms with Crippen LogP contribution in [0.1, 0.15) is 43.7 Å². The summed E-state index contributed by atoms with van der Waals surface area (Å²) in [5.41, 5.74) is 1.36. The van der Waals surface area contributed by atoms with E-state index < -0.39 is 0 Å². The second-order valence-corrected chi connectivity index (χ2v) is 5.63. The van der Waals surface area contributed by atoms with Crippen LogP contribution in [0.15, 0.2) is 43.0 Å². The van der Waals surface area contributed by atoms with E-state index >= 15 is 0 Å². The van der Waals surface area contributed by atoms with E-state index in [0.717, 1.165) is 5.75 Å². The number of hydrogen-bond donors (Lipinski definition) is 0. The average Bonchev–Trinajstić information content (AvgIpc) is 3.03. The highest BCUT2D eigenvalue weighted by atomic mass is 16.5. The number of hydrogen-bond acceptors (Lipinski definition) is 2. The van der Waals surface area contributed by atoms with Gasteiger partial charge in [-0.25, -0.2) is 4.98 Å². The fourth-order valence-electron chi connectivity index (χ4n) is 3.37. The first-order valence-corrected chi connectivity index (χ1v) is 7.50. The normalized spacial score (nSPS) is 17.9. The predicted molar refractivity (Wildman–Crippen MR) is 79.9 cm³/mol. The molecule has 0 radical (unpaired) electrons. The van der Waals surface area contributed by atoms with Crippen molar-refractivity contribution in [2.75, 3.05) is 7.11 Å². The Bertz CT molecular complexity index is 512. The molecule has 106 valence electrons. The van der Waals surface area contributed by atoms with Crippen molar-refractivity contribution >= 4 is 0 Å². The molecule has 20 heavy (non-hydrogen) atoms. The van der Waals surface area contributed by atoms with Crippen LogP contribution < -0.4 is 4.74 Å². The van der Waals surface area contributed by atoms with Crippen molar-refractivity contribution in [2.24, 2.45) is 5.92 Å². The van der Waals surface area contributed by atoms with E-state index in [2.05, 4.69) is 40.0 Å². The summed E-state index contributed by atoms with van der Waals surface area (Å²) >= 11 is 0. The number of nitrogens with zero attached hydrogens (tertiary/aromatic N) is 2. The lowest BCUT2D eigenvalue weighted by Crippen LogP contribution is -2.22. The maximum Gasteiger partial charge on any atom is 0.118 e. The summed E-state index contributed by atoms with van der Waals surface area (Å²) in [6, 6.07) is 8.91. The highest BCUT2D eigenvalue weighted by Gasteiger charge is 2.26. The molecule has 1 unspecified atom stereocenters. The van der Waals surface area contributed by atoms with Gasteiger partial charge in [-0.1, -0.05) is 31.4 Å². The van der Waals surface area contributed by atoms with E-state index in [-0.39, 0.29) is 0 Å². The van der Waals surface area contributed by atoms with Gasteiger partial charge in [0, 0.05) is 12.4 Å². The summed E-state index contributed by atoms with van der Waals surface area (Å²) in [5, 5.41) is 0. The first-order chi connectivity index (χ1) is 9.88. The molecule has 3 rings (SSSR count). The fourth-order valence-corrected chi connectivity index (χ4v) is 3.37. The second kappa shape index (κ2) is 6.12. The van der Waals surface area contributed by atoms with Crippen LogP contribution in [0.4, 0.5) is 0 Å². The van der Waals surface area contributed by atoms with Crippen molar-refractivity contribution in [3.05, 3.63) is 48.5 Å². The zero-order chi connectivity index (χ0) is 13.8.